The van der Waals surface area contributed by atoms with Gasteiger partial charge in [-0.3, -0.25) is 10.1 Å². The zero-order valence-corrected chi connectivity index (χ0v) is 26.5. The van der Waals surface area contributed by atoms with Crippen molar-refractivity contribution in [1.29, 1.82) is 0 Å². The normalized spacial score (nSPS) is 21.8. The fraction of sp³-hybridized carbons (Fsp3) is 0.212. The first kappa shape index (κ1) is 30.2. The van der Waals surface area contributed by atoms with Crippen LogP contribution in [0.15, 0.2) is 100 Å². The lowest BCUT2D eigenvalue weighted by Gasteiger charge is -2.38. The summed E-state index contributed by atoms with van der Waals surface area (Å²) in [6.45, 7) is 0. The van der Waals surface area contributed by atoms with E-state index < -0.39 is 11.9 Å². The Morgan fingerprint density at radius 3 is 2.48 bits per heavy atom. The van der Waals surface area contributed by atoms with Gasteiger partial charge in [0.15, 0.2) is 0 Å². The Morgan fingerprint density at radius 2 is 1.73 bits per heavy atom. The van der Waals surface area contributed by atoms with Crippen molar-refractivity contribution in [2.75, 3.05) is 12.4 Å². The highest BCUT2D eigenvalue weighted by molar-refractivity contribution is 9.10. The Bertz CT molecular complexity index is 1750. The lowest BCUT2D eigenvalue weighted by molar-refractivity contribution is -0.387. The Balaban J connectivity index is 1.35. The first-order chi connectivity index (χ1) is 21.2. The molecule has 44 heavy (non-hydrogen) atoms. The number of nitro groups is 1. The SMILES string of the molecule is COC(=O)c1ccccc1OC(=O)c1ccc2c(c1)C1C(Cl)C(Sc3ccccc3[N+](=O)[O-])CC1C(c1ccc(Br)cc1)N2. The van der Waals surface area contributed by atoms with Crippen molar-refractivity contribution in [3.8, 4) is 5.75 Å². The number of carbonyl (C=O) groups is 2. The molecule has 1 aliphatic carbocycles. The number of hydrogen-bond acceptors (Lipinski definition) is 8. The predicted molar refractivity (Wildman–Crippen MR) is 173 cm³/mol. The van der Waals surface area contributed by atoms with Gasteiger partial charge in [-0.2, -0.15) is 0 Å². The van der Waals surface area contributed by atoms with Crippen LogP contribution in [0, 0.1) is 16.0 Å². The molecule has 4 aromatic carbocycles. The molecule has 1 fully saturated rings. The van der Waals surface area contributed by atoms with Crippen molar-refractivity contribution in [2.45, 2.75) is 33.9 Å². The fourth-order valence-corrected chi connectivity index (χ4v) is 8.32. The van der Waals surface area contributed by atoms with E-state index in [0.717, 1.165) is 21.3 Å². The highest BCUT2D eigenvalue weighted by Crippen LogP contribution is 2.58. The maximum absolute atomic E-state index is 13.4. The van der Waals surface area contributed by atoms with Gasteiger partial charge in [-0.05, 0) is 72.0 Å². The average molecular weight is 694 g/mol. The number of rotatable bonds is 7. The minimum atomic E-state index is -0.620. The molecule has 0 saturated heterocycles. The van der Waals surface area contributed by atoms with Gasteiger partial charge in [-0.25, -0.2) is 9.59 Å². The van der Waals surface area contributed by atoms with Gasteiger partial charge in [-0.1, -0.05) is 52.3 Å². The summed E-state index contributed by atoms with van der Waals surface area (Å²) in [5.41, 5.74) is 3.34. The number of thioether (sulfide) groups is 1. The third kappa shape index (κ3) is 5.81. The molecule has 11 heteroatoms. The van der Waals surface area contributed by atoms with Gasteiger partial charge in [0.05, 0.1) is 33.9 Å². The van der Waals surface area contributed by atoms with E-state index in [1.54, 1.807) is 48.5 Å². The Hall–Kier alpha value is -3.86. The second-order valence-corrected chi connectivity index (χ2v) is 13.3. The van der Waals surface area contributed by atoms with E-state index in [0.29, 0.717) is 16.9 Å². The molecule has 5 unspecified atom stereocenters. The topological polar surface area (TPSA) is 108 Å². The van der Waals surface area contributed by atoms with Crippen molar-refractivity contribution in [2.24, 2.45) is 5.92 Å². The van der Waals surface area contributed by atoms with Crippen molar-refractivity contribution >= 4 is 62.6 Å². The third-order valence-electron chi connectivity index (χ3n) is 8.11. The summed E-state index contributed by atoms with van der Waals surface area (Å²) in [6, 6.07) is 26.5. The summed E-state index contributed by atoms with van der Waals surface area (Å²) in [5, 5.41) is 14.9. The fourth-order valence-electron chi connectivity index (χ4n) is 6.11. The summed E-state index contributed by atoms with van der Waals surface area (Å²) in [7, 11) is 1.26. The van der Waals surface area contributed by atoms with Crippen LogP contribution in [0.5, 0.6) is 5.75 Å². The molecule has 0 radical (unpaired) electrons. The molecule has 0 aromatic heterocycles. The molecule has 1 N–H and O–H groups in total. The van der Waals surface area contributed by atoms with Gasteiger partial charge in [0.1, 0.15) is 11.3 Å². The molecule has 6 rings (SSSR count). The molecule has 0 bridgehead atoms. The lowest BCUT2D eigenvalue weighted by atomic mass is 9.77. The number of nitro benzene ring substituents is 1. The van der Waals surface area contributed by atoms with E-state index in [-0.39, 0.29) is 50.4 Å². The molecule has 0 spiro atoms. The number of methoxy groups -OCH3 is 1. The summed E-state index contributed by atoms with van der Waals surface area (Å²) in [4.78, 5) is 37.5. The number of anilines is 1. The van der Waals surface area contributed by atoms with Crippen molar-refractivity contribution in [3.05, 3.63) is 128 Å². The Morgan fingerprint density at radius 1 is 1.00 bits per heavy atom. The van der Waals surface area contributed by atoms with Crippen LogP contribution in [0.2, 0.25) is 0 Å². The number of carbonyl (C=O) groups excluding carboxylic acids is 2. The summed E-state index contributed by atoms with van der Waals surface area (Å²) in [6.07, 6.45) is 0.698. The van der Waals surface area contributed by atoms with E-state index in [9.17, 15) is 19.7 Å². The van der Waals surface area contributed by atoms with Gasteiger partial charge in [0.25, 0.3) is 5.69 Å². The van der Waals surface area contributed by atoms with Crippen LogP contribution in [-0.2, 0) is 4.74 Å². The molecule has 1 aliphatic heterocycles. The quantitative estimate of drug-likeness (QED) is 0.0676. The smallest absolute Gasteiger partial charge is 0.343 e. The maximum atomic E-state index is 13.4. The van der Waals surface area contributed by atoms with E-state index in [1.165, 1.54) is 31.0 Å². The maximum Gasteiger partial charge on any atom is 0.343 e. The van der Waals surface area contributed by atoms with Crippen LogP contribution < -0.4 is 10.1 Å². The molecule has 8 nitrogen and oxygen atoms in total. The van der Waals surface area contributed by atoms with E-state index in [4.69, 9.17) is 21.1 Å². The number of ether oxygens (including phenoxy) is 2. The van der Waals surface area contributed by atoms with Gasteiger partial charge in [0.2, 0.25) is 0 Å². The number of nitrogens with zero attached hydrogens (tertiary/aromatic N) is 1. The largest absolute Gasteiger partial charge is 0.465 e. The molecular formula is C33H26BrClN2O6S. The highest BCUT2D eigenvalue weighted by atomic mass is 79.9. The highest BCUT2D eigenvalue weighted by Gasteiger charge is 2.50. The van der Waals surface area contributed by atoms with Gasteiger partial charge < -0.3 is 14.8 Å². The number of benzene rings is 4. The van der Waals surface area contributed by atoms with E-state index >= 15 is 0 Å². The van der Waals surface area contributed by atoms with E-state index in [1.807, 2.05) is 18.2 Å². The molecule has 0 amide bonds. The van der Waals surface area contributed by atoms with Crippen LogP contribution in [0.4, 0.5) is 11.4 Å². The van der Waals surface area contributed by atoms with Crippen molar-refractivity contribution in [1.82, 2.24) is 0 Å². The number of hydrogen-bond donors (Lipinski definition) is 1. The number of nitrogens with one attached hydrogen (secondary N) is 1. The molecule has 1 heterocycles. The van der Waals surface area contributed by atoms with Crippen LogP contribution in [0.1, 0.15) is 50.2 Å². The first-order valence-electron chi connectivity index (χ1n) is 13.8. The van der Waals surface area contributed by atoms with Crippen molar-refractivity contribution in [3.63, 3.8) is 0 Å². The number of para-hydroxylation sites is 2. The van der Waals surface area contributed by atoms with Crippen LogP contribution in [-0.4, -0.2) is 34.6 Å². The van der Waals surface area contributed by atoms with Gasteiger partial charge >= 0.3 is 11.9 Å². The second-order valence-electron chi connectivity index (χ2n) is 10.6. The van der Waals surface area contributed by atoms with Crippen LogP contribution >= 0.6 is 39.3 Å². The average Bonchev–Trinajstić information content (AvgIpc) is 3.36. The van der Waals surface area contributed by atoms with Crippen LogP contribution in [0.25, 0.3) is 0 Å². The molecule has 4 aromatic rings. The summed E-state index contributed by atoms with van der Waals surface area (Å²) >= 11 is 12.2. The van der Waals surface area contributed by atoms with Crippen molar-refractivity contribution < 1.29 is 24.0 Å². The summed E-state index contributed by atoms with van der Waals surface area (Å²) in [5.74, 6) is -1.24. The number of alkyl halides is 1. The predicted octanol–water partition coefficient (Wildman–Crippen LogP) is 8.40. The molecule has 5 atom stereocenters. The third-order valence-corrected chi connectivity index (χ3v) is 10.8. The second kappa shape index (κ2) is 12.6. The number of fused-ring (bicyclic) bond motifs is 3. The molecular weight excluding hydrogens is 668 g/mol. The molecule has 2 aliphatic rings. The van der Waals surface area contributed by atoms with Gasteiger partial charge in [-0.15, -0.1) is 23.4 Å². The monoisotopic (exact) mass is 692 g/mol. The molecule has 1 saturated carbocycles. The Labute approximate surface area is 271 Å². The first-order valence-corrected chi connectivity index (χ1v) is 16.0. The molecule has 224 valence electrons. The lowest BCUT2D eigenvalue weighted by Crippen LogP contribution is -2.31. The van der Waals surface area contributed by atoms with Crippen LogP contribution in [0.3, 0.4) is 0 Å². The summed E-state index contributed by atoms with van der Waals surface area (Å²) < 4.78 is 11.5. The number of halogens is 2. The Kier molecular flexibility index (Phi) is 8.66. The minimum Gasteiger partial charge on any atom is -0.465 e. The zero-order valence-electron chi connectivity index (χ0n) is 23.3. The minimum absolute atomic E-state index is 0.0396. The van der Waals surface area contributed by atoms with E-state index in [2.05, 4.69) is 33.4 Å². The van der Waals surface area contributed by atoms with Gasteiger partial charge in [0, 0.05) is 27.4 Å². The number of esters is 2. The standard InChI is InChI=1S/C33H26BrClN2O6S/c1-42-33(39)21-6-2-4-8-26(21)43-32(38)19-12-15-24-22(16-19)29-23(31(36-24)18-10-13-20(34)14-11-18)17-28(30(29)35)44-27-9-5-3-7-25(27)37(40)41/h2-16,23,28-31,36H,17H2,1H3. The zero-order chi connectivity index (χ0) is 31.0.